The van der Waals surface area contributed by atoms with Gasteiger partial charge in [0.2, 0.25) is 0 Å². The van der Waals surface area contributed by atoms with Crippen molar-refractivity contribution in [1.29, 1.82) is 0 Å². The molecule has 1 aliphatic heterocycles. The van der Waals surface area contributed by atoms with E-state index in [0.717, 1.165) is 45.2 Å². The summed E-state index contributed by atoms with van der Waals surface area (Å²) in [7, 11) is 0. The van der Waals surface area contributed by atoms with Crippen molar-refractivity contribution in [2.75, 3.05) is 13.1 Å². The Bertz CT molecular complexity index is 1370. The highest BCUT2D eigenvalue weighted by Gasteiger charge is 2.85. The molecule has 258 valence electrons. The van der Waals surface area contributed by atoms with Crippen LogP contribution in [-0.2, 0) is 0 Å². The van der Waals surface area contributed by atoms with E-state index in [1.165, 1.54) is 74.2 Å². The van der Waals surface area contributed by atoms with E-state index in [4.69, 9.17) is 0 Å². The molecule has 7 rings (SSSR count). The van der Waals surface area contributed by atoms with Gasteiger partial charge in [-0.15, -0.1) is 26.3 Å². The molecule has 1 N–H and O–H groups in total. The summed E-state index contributed by atoms with van der Waals surface area (Å²) in [6.45, 7) is 6.76. The van der Waals surface area contributed by atoms with Crippen molar-refractivity contribution in [3.8, 4) is 11.5 Å². The second kappa shape index (κ2) is 11.5. The second-order valence-electron chi connectivity index (χ2n) is 14.9. The fourth-order valence-corrected chi connectivity index (χ4v) is 11.1. The number of fused-ring (bicyclic) bond motifs is 4. The predicted octanol–water partition coefficient (Wildman–Crippen LogP) is 9.56. The zero-order valence-corrected chi connectivity index (χ0v) is 26.8. The molecule has 4 aliphatic carbocycles. The van der Waals surface area contributed by atoms with Crippen LogP contribution in [0.3, 0.4) is 0 Å². The Morgan fingerprint density at radius 3 is 1.96 bits per heavy atom. The van der Waals surface area contributed by atoms with Crippen molar-refractivity contribution < 1.29 is 40.2 Å². The number of ether oxygens (including phenoxy) is 2. The minimum atomic E-state index is -4.87. The molecule has 4 saturated carbocycles. The van der Waals surface area contributed by atoms with E-state index in [9.17, 15) is 26.3 Å². The molecule has 1 saturated heterocycles. The molecule has 0 aromatic heterocycles. The summed E-state index contributed by atoms with van der Waals surface area (Å²) >= 11 is 0. The smallest absolute Gasteiger partial charge is 0.406 e. The average molecular weight is 669 g/mol. The lowest BCUT2D eigenvalue weighted by Gasteiger charge is -2.62. The molecule has 2 aromatic carbocycles. The third-order valence-electron chi connectivity index (χ3n) is 12.7. The zero-order valence-electron chi connectivity index (χ0n) is 26.8. The molecule has 0 bridgehead atoms. The SMILES string of the molecule is CCCN1CC2C(CC[C@@]34C2CCC3C4(F)NC(c2ccc(OC(F)(F)F)cc2)c2ccc(OC(F)(F)F)cc2)[C@@]2(C)CCCCC12. The van der Waals surface area contributed by atoms with Gasteiger partial charge in [0.15, 0.2) is 5.79 Å². The van der Waals surface area contributed by atoms with Gasteiger partial charge < -0.3 is 9.47 Å². The van der Waals surface area contributed by atoms with Gasteiger partial charge in [-0.3, -0.25) is 10.2 Å². The molecule has 8 atom stereocenters. The van der Waals surface area contributed by atoms with Crippen LogP contribution in [0.2, 0.25) is 0 Å². The van der Waals surface area contributed by atoms with E-state index in [0.29, 0.717) is 29.0 Å². The largest absolute Gasteiger partial charge is 0.573 e. The summed E-state index contributed by atoms with van der Waals surface area (Å²) in [6.07, 6.45) is -0.194. The molecule has 47 heavy (non-hydrogen) atoms. The van der Waals surface area contributed by atoms with E-state index in [-0.39, 0.29) is 17.3 Å². The first-order valence-corrected chi connectivity index (χ1v) is 17.1. The van der Waals surface area contributed by atoms with Gasteiger partial charge in [-0.05, 0) is 110 Å². The number of halogens is 7. The molecule has 11 heteroatoms. The van der Waals surface area contributed by atoms with Crippen LogP contribution in [0.1, 0.15) is 88.8 Å². The predicted molar refractivity (Wildman–Crippen MR) is 162 cm³/mol. The van der Waals surface area contributed by atoms with E-state index < -0.39 is 41.5 Å². The van der Waals surface area contributed by atoms with Crippen molar-refractivity contribution in [2.24, 2.45) is 34.5 Å². The Kier molecular flexibility index (Phi) is 8.09. The van der Waals surface area contributed by atoms with Crippen molar-refractivity contribution in [1.82, 2.24) is 10.2 Å². The molecule has 2 aromatic rings. The zero-order chi connectivity index (χ0) is 33.4. The first-order valence-electron chi connectivity index (χ1n) is 17.1. The van der Waals surface area contributed by atoms with Crippen LogP contribution in [0.15, 0.2) is 48.5 Å². The molecular weight excluding hydrogens is 625 g/mol. The summed E-state index contributed by atoms with van der Waals surface area (Å²) in [5.41, 5.74) is 0.648. The van der Waals surface area contributed by atoms with Gasteiger partial charge in [0.05, 0.1) is 6.04 Å². The first kappa shape index (κ1) is 33.0. The fraction of sp³-hybridized carbons (Fsp3) is 0.667. The van der Waals surface area contributed by atoms with Crippen LogP contribution >= 0.6 is 0 Å². The number of piperidine rings is 1. The number of hydrogen-bond acceptors (Lipinski definition) is 4. The van der Waals surface area contributed by atoms with Crippen molar-refractivity contribution in [3.63, 3.8) is 0 Å². The van der Waals surface area contributed by atoms with E-state index >= 15 is 4.39 Å². The maximum atomic E-state index is 17.7. The van der Waals surface area contributed by atoms with Crippen molar-refractivity contribution in [3.05, 3.63) is 59.7 Å². The molecule has 0 amide bonds. The summed E-state index contributed by atoms with van der Waals surface area (Å²) in [6, 6.07) is 10.2. The Balaban J connectivity index is 1.19. The van der Waals surface area contributed by atoms with Gasteiger partial charge in [-0.2, -0.15) is 0 Å². The third kappa shape index (κ3) is 5.61. The van der Waals surface area contributed by atoms with Gasteiger partial charge in [0.25, 0.3) is 0 Å². The number of benzene rings is 2. The van der Waals surface area contributed by atoms with Gasteiger partial charge in [-0.1, -0.05) is 51.0 Å². The number of hydrogen-bond donors (Lipinski definition) is 1. The van der Waals surface area contributed by atoms with Crippen molar-refractivity contribution in [2.45, 2.75) is 102 Å². The van der Waals surface area contributed by atoms with Crippen LogP contribution in [0.25, 0.3) is 0 Å². The number of likely N-dealkylation sites (tertiary alicyclic amines) is 1. The van der Waals surface area contributed by atoms with Gasteiger partial charge in [-0.25, -0.2) is 4.39 Å². The summed E-state index contributed by atoms with van der Waals surface area (Å²) in [5.74, 6) is -1.56. The molecule has 1 spiro atoms. The summed E-state index contributed by atoms with van der Waals surface area (Å²) in [5, 5.41) is 3.32. The Hall–Kier alpha value is -2.53. The van der Waals surface area contributed by atoms with E-state index in [1.807, 2.05) is 0 Å². The fourth-order valence-electron chi connectivity index (χ4n) is 11.1. The van der Waals surface area contributed by atoms with Crippen LogP contribution in [0, 0.1) is 34.5 Å². The van der Waals surface area contributed by atoms with Crippen LogP contribution in [0.4, 0.5) is 30.7 Å². The van der Waals surface area contributed by atoms with Crippen LogP contribution < -0.4 is 14.8 Å². The highest BCUT2D eigenvalue weighted by atomic mass is 19.4. The first-order chi connectivity index (χ1) is 22.2. The minimum absolute atomic E-state index is 0.194. The number of alkyl halides is 7. The highest BCUT2D eigenvalue weighted by Crippen LogP contribution is 2.81. The Labute approximate surface area is 271 Å². The molecule has 0 radical (unpaired) electrons. The highest BCUT2D eigenvalue weighted by molar-refractivity contribution is 5.40. The molecule has 5 fully saturated rings. The number of nitrogens with zero attached hydrogens (tertiary/aromatic N) is 1. The van der Waals surface area contributed by atoms with Crippen LogP contribution in [0.5, 0.6) is 11.5 Å². The monoisotopic (exact) mass is 668 g/mol. The molecule has 4 nitrogen and oxygen atoms in total. The third-order valence-corrected chi connectivity index (χ3v) is 12.7. The summed E-state index contributed by atoms with van der Waals surface area (Å²) < 4.78 is 103. The van der Waals surface area contributed by atoms with E-state index in [1.54, 1.807) is 0 Å². The minimum Gasteiger partial charge on any atom is -0.406 e. The number of rotatable bonds is 8. The average Bonchev–Trinajstić information content (AvgIpc) is 3.27. The molecular formula is C36H43F7N2O2. The maximum Gasteiger partial charge on any atom is 0.573 e. The van der Waals surface area contributed by atoms with Crippen molar-refractivity contribution >= 4 is 0 Å². The molecule has 5 aliphatic rings. The normalized spacial score (nSPS) is 36.7. The van der Waals surface area contributed by atoms with Gasteiger partial charge in [0, 0.05) is 23.9 Å². The van der Waals surface area contributed by atoms with Gasteiger partial charge >= 0.3 is 12.7 Å². The lowest BCUT2D eigenvalue weighted by atomic mass is 9.50. The number of nitrogens with one attached hydrogen (secondary N) is 1. The van der Waals surface area contributed by atoms with E-state index in [2.05, 4.69) is 33.5 Å². The summed E-state index contributed by atoms with van der Waals surface area (Å²) in [4.78, 5) is 2.71. The van der Waals surface area contributed by atoms with Gasteiger partial charge in [0.1, 0.15) is 11.5 Å². The molecule has 1 heterocycles. The second-order valence-corrected chi connectivity index (χ2v) is 14.9. The topological polar surface area (TPSA) is 33.7 Å². The molecule has 6 unspecified atom stereocenters. The maximum absolute atomic E-state index is 17.7. The Morgan fingerprint density at radius 1 is 0.809 bits per heavy atom. The quantitative estimate of drug-likeness (QED) is 0.225. The standard InChI is InChI=1S/C36H43F7N2O2/c1-3-20-45-21-26-27(32(2)18-5-4-6-30(32)45)17-19-33-28(26)15-16-29(33)34(33,37)44-31(22-7-11-24(12-8-22)46-35(38,39)40)23-9-13-25(14-10-23)47-36(41,42)43/h7-14,26-31,44H,3-6,15-21H2,1-2H3/t26?,27?,28?,29?,30?,32-,33-,34?/m1/s1. The Morgan fingerprint density at radius 2 is 1.40 bits per heavy atom. The van der Waals surface area contributed by atoms with Crippen LogP contribution in [-0.4, -0.2) is 42.5 Å². The lowest BCUT2D eigenvalue weighted by molar-refractivity contribution is -0.275. The lowest BCUT2D eigenvalue weighted by Crippen LogP contribution is -2.63.